The fraction of sp³-hybridized carbons (Fsp3) is 0.692. The third-order valence-electron chi connectivity index (χ3n) is 2.19. The summed E-state index contributed by atoms with van der Waals surface area (Å²) in [6.07, 6.45) is 8.74. The number of hydrogen-bond donors (Lipinski definition) is 1. The molecule has 14 heavy (non-hydrogen) atoms. The van der Waals surface area contributed by atoms with Crippen LogP contribution in [0.25, 0.3) is 0 Å². The van der Waals surface area contributed by atoms with Gasteiger partial charge in [-0.1, -0.05) is 44.6 Å². The Bertz CT molecular complexity index is 219. The van der Waals surface area contributed by atoms with Crippen LogP contribution < -0.4 is 0 Å². The summed E-state index contributed by atoms with van der Waals surface area (Å²) in [6, 6.07) is 0. The summed E-state index contributed by atoms with van der Waals surface area (Å²) in [6.45, 7) is 6.02. The van der Waals surface area contributed by atoms with Crippen molar-refractivity contribution in [3.63, 3.8) is 0 Å². The molecular formula is C13H22O. The van der Waals surface area contributed by atoms with Crippen LogP contribution in [0.5, 0.6) is 0 Å². The molecule has 0 saturated carbocycles. The molecule has 1 N–H and O–H groups in total. The lowest BCUT2D eigenvalue weighted by molar-refractivity contribution is 0.148. The number of aliphatic hydroxyl groups is 1. The first-order valence-corrected chi connectivity index (χ1v) is 5.54. The molecule has 0 aliphatic rings. The molecule has 0 amide bonds. The Hall–Kier alpha value is -0.740. The summed E-state index contributed by atoms with van der Waals surface area (Å²) in [5, 5.41) is 9.92. The third-order valence-corrected chi connectivity index (χ3v) is 2.19. The van der Waals surface area contributed by atoms with Gasteiger partial charge in [0.25, 0.3) is 0 Å². The van der Waals surface area contributed by atoms with E-state index in [1.54, 1.807) is 6.08 Å². The van der Waals surface area contributed by atoms with Gasteiger partial charge in [0.15, 0.2) is 0 Å². The van der Waals surface area contributed by atoms with Gasteiger partial charge in [0, 0.05) is 6.42 Å². The van der Waals surface area contributed by atoms with Crippen LogP contribution in [0, 0.1) is 11.8 Å². The van der Waals surface area contributed by atoms with Gasteiger partial charge in [0.05, 0.1) is 0 Å². The van der Waals surface area contributed by atoms with Gasteiger partial charge in [-0.25, -0.2) is 0 Å². The minimum absolute atomic E-state index is 0.651. The van der Waals surface area contributed by atoms with Crippen LogP contribution in [-0.2, 0) is 0 Å². The third kappa shape index (κ3) is 5.83. The first-order valence-electron chi connectivity index (χ1n) is 5.54. The lowest BCUT2D eigenvalue weighted by Gasteiger charge is -2.14. The maximum absolute atomic E-state index is 9.92. The molecule has 0 rings (SSSR count). The van der Waals surface area contributed by atoms with E-state index in [0.29, 0.717) is 6.42 Å². The fourth-order valence-electron chi connectivity index (χ4n) is 1.20. The lowest BCUT2D eigenvalue weighted by Crippen LogP contribution is -2.21. The van der Waals surface area contributed by atoms with Crippen LogP contribution in [0.15, 0.2) is 12.2 Å². The van der Waals surface area contributed by atoms with Crippen LogP contribution in [0.1, 0.15) is 52.9 Å². The molecule has 1 heteroatoms. The van der Waals surface area contributed by atoms with Gasteiger partial charge < -0.3 is 5.11 Å². The summed E-state index contributed by atoms with van der Waals surface area (Å²) in [5.74, 6) is 5.97. The van der Waals surface area contributed by atoms with Crippen molar-refractivity contribution in [1.82, 2.24) is 0 Å². The van der Waals surface area contributed by atoms with E-state index in [0.717, 1.165) is 12.8 Å². The zero-order valence-corrected chi connectivity index (χ0v) is 9.64. The molecule has 0 saturated heterocycles. The molecule has 1 atom stereocenters. The highest BCUT2D eigenvalue weighted by atomic mass is 16.3. The van der Waals surface area contributed by atoms with Gasteiger partial charge in [-0.15, -0.1) is 0 Å². The van der Waals surface area contributed by atoms with Crippen LogP contribution in [-0.4, -0.2) is 10.7 Å². The van der Waals surface area contributed by atoms with E-state index in [9.17, 15) is 5.11 Å². The monoisotopic (exact) mass is 194 g/mol. The molecular weight excluding hydrogens is 172 g/mol. The Kier molecular flexibility index (Phi) is 7.24. The molecule has 0 heterocycles. The maximum Gasteiger partial charge on any atom is 0.143 e. The fourth-order valence-corrected chi connectivity index (χ4v) is 1.20. The van der Waals surface area contributed by atoms with Crippen molar-refractivity contribution >= 4 is 0 Å². The SMILES string of the molecule is C/C=C/C(O)(C#CCCCCC)CC. The maximum atomic E-state index is 9.92. The first kappa shape index (κ1) is 13.3. The summed E-state index contributed by atoms with van der Waals surface area (Å²) in [7, 11) is 0. The predicted octanol–water partition coefficient (Wildman–Crippen LogP) is 3.29. The largest absolute Gasteiger partial charge is 0.374 e. The van der Waals surface area contributed by atoms with Gasteiger partial charge in [-0.05, 0) is 25.8 Å². The minimum atomic E-state index is -0.902. The highest BCUT2D eigenvalue weighted by Gasteiger charge is 2.15. The first-order chi connectivity index (χ1) is 6.68. The lowest BCUT2D eigenvalue weighted by atomic mass is 10.0. The Labute approximate surface area is 88.2 Å². The van der Waals surface area contributed by atoms with Crippen LogP contribution in [0.3, 0.4) is 0 Å². The molecule has 1 nitrogen and oxygen atoms in total. The normalized spacial score (nSPS) is 14.9. The van der Waals surface area contributed by atoms with Gasteiger partial charge in [0.2, 0.25) is 0 Å². The number of hydrogen-bond acceptors (Lipinski definition) is 1. The van der Waals surface area contributed by atoms with Crippen molar-refractivity contribution in [3.05, 3.63) is 12.2 Å². The second-order valence-electron chi connectivity index (χ2n) is 3.54. The van der Waals surface area contributed by atoms with Crippen LogP contribution in [0.2, 0.25) is 0 Å². The summed E-state index contributed by atoms with van der Waals surface area (Å²) in [5.41, 5.74) is -0.902. The quantitative estimate of drug-likeness (QED) is 0.404. The number of allylic oxidation sites excluding steroid dienone is 1. The molecule has 0 bridgehead atoms. The second-order valence-corrected chi connectivity index (χ2v) is 3.54. The molecule has 0 spiro atoms. The predicted molar refractivity (Wildman–Crippen MR) is 62.0 cm³/mol. The Morgan fingerprint density at radius 2 is 2.00 bits per heavy atom. The molecule has 80 valence electrons. The minimum Gasteiger partial charge on any atom is -0.374 e. The zero-order chi connectivity index (χ0) is 10.9. The van der Waals surface area contributed by atoms with Crippen molar-refractivity contribution in [2.75, 3.05) is 0 Å². The van der Waals surface area contributed by atoms with Crippen LogP contribution in [0.4, 0.5) is 0 Å². The smallest absolute Gasteiger partial charge is 0.143 e. The van der Waals surface area contributed by atoms with Crippen molar-refractivity contribution in [3.8, 4) is 11.8 Å². The van der Waals surface area contributed by atoms with Gasteiger partial charge >= 0.3 is 0 Å². The van der Waals surface area contributed by atoms with Crippen molar-refractivity contribution in [1.29, 1.82) is 0 Å². The highest BCUT2D eigenvalue weighted by molar-refractivity contribution is 5.21. The van der Waals surface area contributed by atoms with Crippen LogP contribution >= 0.6 is 0 Å². The zero-order valence-electron chi connectivity index (χ0n) is 9.64. The van der Waals surface area contributed by atoms with E-state index < -0.39 is 5.60 Å². The van der Waals surface area contributed by atoms with E-state index in [4.69, 9.17) is 0 Å². The summed E-state index contributed by atoms with van der Waals surface area (Å²) >= 11 is 0. The topological polar surface area (TPSA) is 20.2 Å². The highest BCUT2D eigenvalue weighted by Crippen LogP contribution is 2.10. The summed E-state index contributed by atoms with van der Waals surface area (Å²) in [4.78, 5) is 0. The van der Waals surface area contributed by atoms with Gasteiger partial charge in [0.1, 0.15) is 5.60 Å². The molecule has 0 aliphatic carbocycles. The van der Waals surface area contributed by atoms with E-state index in [2.05, 4.69) is 18.8 Å². The summed E-state index contributed by atoms with van der Waals surface area (Å²) < 4.78 is 0. The molecule has 0 aromatic carbocycles. The Morgan fingerprint density at radius 1 is 1.29 bits per heavy atom. The van der Waals surface area contributed by atoms with E-state index in [-0.39, 0.29) is 0 Å². The van der Waals surface area contributed by atoms with Gasteiger partial charge in [-0.3, -0.25) is 0 Å². The molecule has 1 unspecified atom stereocenters. The molecule has 0 radical (unpaired) electrons. The Morgan fingerprint density at radius 3 is 2.50 bits per heavy atom. The standard InChI is InChI=1S/C13H22O/c1-4-7-8-9-10-12-13(14,6-3)11-5-2/h5,11,14H,4,6-9H2,1-3H3/b11-5+. The van der Waals surface area contributed by atoms with Crippen molar-refractivity contribution < 1.29 is 5.11 Å². The Balaban J connectivity index is 4.02. The molecule has 0 aliphatic heterocycles. The molecule has 0 aromatic rings. The average molecular weight is 194 g/mol. The molecule has 0 fully saturated rings. The number of rotatable bonds is 5. The number of unbranched alkanes of at least 4 members (excludes halogenated alkanes) is 3. The van der Waals surface area contributed by atoms with E-state index >= 15 is 0 Å². The second kappa shape index (κ2) is 7.64. The van der Waals surface area contributed by atoms with E-state index in [1.165, 1.54) is 12.8 Å². The average Bonchev–Trinajstić information content (AvgIpc) is 2.18. The van der Waals surface area contributed by atoms with Crippen molar-refractivity contribution in [2.45, 2.75) is 58.5 Å². The van der Waals surface area contributed by atoms with Gasteiger partial charge in [-0.2, -0.15) is 0 Å². The van der Waals surface area contributed by atoms with E-state index in [1.807, 2.05) is 19.9 Å². The molecule has 0 aromatic heterocycles. The van der Waals surface area contributed by atoms with Crippen molar-refractivity contribution in [2.24, 2.45) is 0 Å².